The lowest BCUT2D eigenvalue weighted by molar-refractivity contribution is 0.0996. The first-order valence-electron chi connectivity index (χ1n) is 11.0. The number of anilines is 1. The van der Waals surface area contributed by atoms with Gasteiger partial charge in [-0.25, -0.2) is 4.98 Å². The minimum Gasteiger partial charge on any atom is -0.491 e. The van der Waals surface area contributed by atoms with Gasteiger partial charge in [0.05, 0.1) is 55.6 Å². The largest absolute Gasteiger partial charge is 0.491 e. The van der Waals surface area contributed by atoms with Crippen molar-refractivity contribution in [3.8, 4) is 22.9 Å². The van der Waals surface area contributed by atoms with E-state index in [0.29, 0.717) is 29.8 Å². The van der Waals surface area contributed by atoms with Crippen LogP contribution in [0.3, 0.4) is 0 Å². The molecule has 8 heteroatoms. The minimum absolute atomic E-state index is 0.0503. The van der Waals surface area contributed by atoms with Crippen molar-refractivity contribution < 1.29 is 14.3 Å². The Bertz CT molecular complexity index is 1110. The predicted octanol–water partition coefficient (Wildman–Crippen LogP) is 4.66. The quantitative estimate of drug-likeness (QED) is 0.486. The average Bonchev–Trinajstić information content (AvgIpc) is 3.43. The molecule has 0 saturated heterocycles. The molecule has 1 aliphatic heterocycles. The number of carbonyl (C=O) groups is 1. The van der Waals surface area contributed by atoms with E-state index in [1.807, 2.05) is 29.1 Å². The Balaban J connectivity index is 1.57. The standard InChI is InChI=1S/C24H29N5O3/c1-5-7-8-17(6-2)29-14-18(13-26-29)28-15-21-19(24(28)30)9-10-20(27-21)16-11-22(31-3)23(32-4)25-12-16/h9-14,17H,5-8,15H2,1-4H3. The maximum Gasteiger partial charge on any atom is 0.260 e. The zero-order valence-corrected chi connectivity index (χ0v) is 19.0. The highest BCUT2D eigenvalue weighted by molar-refractivity contribution is 6.09. The van der Waals surface area contributed by atoms with E-state index in [9.17, 15) is 4.79 Å². The van der Waals surface area contributed by atoms with Gasteiger partial charge < -0.3 is 9.47 Å². The maximum atomic E-state index is 13.0. The van der Waals surface area contributed by atoms with E-state index in [-0.39, 0.29) is 5.91 Å². The van der Waals surface area contributed by atoms with E-state index in [1.165, 1.54) is 6.42 Å². The number of ether oxygens (including phenoxy) is 2. The van der Waals surface area contributed by atoms with Crippen LogP contribution in [0.15, 0.2) is 36.8 Å². The number of unbranched alkanes of at least 4 members (excludes halogenated alkanes) is 1. The van der Waals surface area contributed by atoms with Crippen LogP contribution < -0.4 is 14.4 Å². The number of methoxy groups -OCH3 is 2. The van der Waals surface area contributed by atoms with E-state index in [1.54, 1.807) is 31.5 Å². The Morgan fingerprint density at radius 1 is 1.16 bits per heavy atom. The Labute approximate surface area is 188 Å². The van der Waals surface area contributed by atoms with Gasteiger partial charge >= 0.3 is 0 Å². The van der Waals surface area contributed by atoms with Crippen molar-refractivity contribution in [1.29, 1.82) is 0 Å². The summed E-state index contributed by atoms with van der Waals surface area (Å²) in [4.78, 5) is 23.8. The number of pyridine rings is 2. The van der Waals surface area contributed by atoms with E-state index < -0.39 is 0 Å². The summed E-state index contributed by atoms with van der Waals surface area (Å²) in [6.07, 6.45) is 9.87. The van der Waals surface area contributed by atoms with Crippen LogP contribution >= 0.6 is 0 Å². The van der Waals surface area contributed by atoms with Crippen LogP contribution in [0.2, 0.25) is 0 Å². The maximum absolute atomic E-state index is 13.0. The molecule has 0 aliphatic carbocycles. The molecular formula is C24H29N5O3. The Hall–Kier alpha value is -3.42. The van der Waals surface area contributed by atoms with Crippen LogP contribution in [-0.2, 0) is 6.54 Å². The monoisotopic (exact) mass is 435 g/mol. The smallest absolute Gasteiger partial charge is 0.260 e. The highest BCUT2D eigenvalue weighted by atomic mass is 16.5. The third-order valence-electron chi connectivity index (χ3n) is 5.92. The number of aromatic nitrogens is 4. The molecule has 4 heterocycles. The topological polar surface area (TPSA) is 82.4 Å². The van der Waals surface area contributed by atoms with Crippen LogP contribution in [0.5, 0.6) is 11.6 Å². The van der Waals surface area contributed by atoms with Gasteiger partial charge in [-0.2, -0.15) is 5.10 Å². The molecule has 1 amide bonds. The fourth-order valence-corrected chi connectivity index (χ4v) is 4.05. The summed E-state index contributed by atoms with van der Waals surface area (Å²) in [7, 11) is 3.12. The zero-order valence-electron chi connectivity index (χ0n) is 19.0. The van der Waals surface area contributed by atoms with Crippen molar-refractivity contribution in [2.75, 3.05) is 19.1 Å². The molecule has 0 bridgehead atoms. The summed E-state index contributed by atoms with van der Waals surface area (Å²) >= 11 is 0. The molecule has 1 unspecified atom stereocenters. The molecular weight excluding hydrogens is 406 g/mol. The van der Waals surface area contributed by atoms with Crippen molar-refractivity contribution in [2.24, 2.45) is 0 Å². The third kappa shape index (κ3) is 4.04. The number of rotatable bonds is 9. The lowest BCUT2D eigenvalue weighted by atomic mass is 10.1. The van der Waals surface area contributed by atoms with Gasteiger partial charge in [-0.05, 0) is 31.0 Å². The molecule has 0 fully saturated rings. The second kappa shape index (κ2) is 9.38. The molecule has 168 valence electrons. The van der Waals surface area contributed by atoms with Crippen LogP contribution in [0.25, 0.3) is 11.3 Å². The third-order valence-corrected chi connectivity index (χ3v) is 5.92. The summed E-state index contributed by atoms with van der Waals surface area (Å²) < 4.78 is 12.6. The summed E-state index contributed by atoms with van der Waals surface area (Å²) in [5, 5.41) is 4.55. The molecule has 1 aliphatic rings. The van der Waals surface area contributed by atoms with Crippen LogP contribution in [0.1, 0.15) is 61.6 Å². The van der Waals surface area contributed by atoms with Crippen molar-refractivity contribution in [3.05, 3.63) is 48.0 Å². The van der Waals surface area contributed by atoms with Gasteiger partial charge in [-0.1, -0.05) is 26.7 Å². The number of fused-ring (bicyclic) bond motifs is 1. The van der Waals surface area contributed by atoms with Gasteiger partial charge in [0.25, 0.3) is 11.8 Å². The molecule has 3 aromatic heterocycles. The van der Waals surface area contributed by atoms with Crippen molar-refractivity contribution in [1.82, 2.24) is 19.7 Å². The SMILES string of the molecule is CCCCC(CC)n1cc(N2Cc3nc(-c4cnc(OC)c(OC)c4)ccc3C2=O)cn1. The molecule has 0 spiro atoms. The molecule has 4 rings (SSSR count). The molecule has 1 atom stereocenters. The lowest BCUT2D eigenvalue weighted by Gasteiger charge is -2.16. The van der Waals surface area contributed by atoms with Gasteiger partial charge in [-0.3, -0.25) is 19.4 Å². The first-order valence-corrected chi connectivity index (χ1v) is 11.0. The van der Waals surface area contributed by atoms with Crippen molar-refractivity contribution in [2.45, 2.75) is 52.1 Å². The first kappa shape index (κ1) is 21.8. The van der Waals surface area contributed by atoms with E-state index in [2.05, 4.69) is 23.9 Å². The van der Waals surface area contributed by atoms with Gasteiger partial charge in [0.1, 0.15) is 0 Å². The number of carbonyl (C=O) groups excluding carboxylic acids is 1. The number of amides is 1. The molecule has 0 saturated carbocycles. The Morgan fingerprint density at radius 3 is 2.72 bits per heavy atom. The number of nitrogens with zero attached hydrogens (tertiary/aromatic N) is 5. The fourth-order valence-electron chi connectivity index (χ4n) is 4.05. The summed E-state index contributed by atoms with van der Waals surface area (Å²) in [5.74, 6) is 0.900. The predicted molar refractivity (Wildman–Crippen MR) is 122 cm³/mol. The Morgan fingerprint density at radius 2 is 2.00 bits per heavy atom. The minimum atomic E-state index is -0.0503. The van der Waals surface area contributed by atoms with E-state index in [0.717, 1.165) is 41.9 Å². The highest BCUT2D eigenvalue weighted by Crippen LogP contribution is 2.32. The summed E-state index contributed by atoms with van der Waals surface area (Å²) in [6.45, 7) is 4.79. The zero-order chi connectivity index (χ0) is 22.7. The second-order valence-electron chi connectivity index (χ2n) is 7.90. The fraction of sp³-hybridized carbons (Fsp3) is 0.417. The highest BCUT2D eigenvalue weighted by Gasteiger charge is 2.31. The van der Waals surface area contributed by atoms with Crippen LogP contribution in [0, 0.1) is 0 Å². The van der Waals surface area contributed by atoms with Gasteiger partial charge in [-0.15, -0.1) is 0 Å². The number of hydrogen-bond acceptors (Lipinski definition) is 6. The molecule has 0 radical (unpaired) electrons. The van der Waals surface area contributed by atoms with Crippen LogP contribution in [-0.4, -0.2) is 39.9 Å². The first-order chi connectivity index (χ1) is 15.6. The molecule has 3 aromatic rings. The summed E-state index contributed by atoms with van der Waals surface area (Å²) in [5.41, 5.74) is 3.69. The average molecular weight is 436 g/mol. The van der Waals surface area contributed by atoms with Crippen molar-refractivity contribution in [3.63, 3.8) is 0 Å². The molecule has 32 heavy (non-hydrogen) atoms. The second-order valence-corrected chi connectivity index (χ2v) is 7.90. The van der Waals surface area contributed by atoms with Crippen molar-refractivity contribution >= 4 is 11.6 Å². The van der Waals surface area contributed by atoms with E-state index in [4.69, 9.17) is 14.5 Å². The molecule has 8 nitrogen and oxygen atoms in total. The normalized spacial score (nSPS) is 13.9. The van der Waals surface area contributed by atoms with Gasteiger partial charge in [0.2, 0.25) is 0 Å². The lowest BCUT2D eigenvalue weighted by Crippen LogP contribution is -2.22. The van der Waals surface area contributed by atoms with E-state index >= 15 is 0 Å². The summed E-state index contributed by atoms with van der Waals surface area (Å²) in [6, 6.07) is 5.85. The number of hydrogen-bond donors (Lipinski definition) is 0. The molecule has 0 aromatic carbocycles. The van der Waals surface area contributed by atoms with Gasteiger partial charge in [0.15, 0.2) is 5.75 Å². The molecule has 0 N–H and O–H groups in total. The van der Waals surface area contributed by atoms with Crippen LogP contribution in [0.4, 0.5) is 5.69 Å². The van der Waals surface area contributed by atoms with Gasteiger partial charge in [0, 0.05) is 18.0 Å². The Kier molecular flexibility index (Phi) is 6.39.